The maximum Gasteiger partial charge on any atom is 0.335 e. The van der Waals surface area contributed by atoms with Crippen LogP contribution in [0.15, 0.2) is 23.5 Å². The van der Waals surface area contributed by atoms with Crippen LogP contribution in [-0.2, 0) is 4.74 Å². The fourth-order valence-electron chi connectivity index (χ4n) is 1.19. The van der Waals surface area contributed by atoms with Crippen LogP contribution in [0.4, 0.5) is 0 Å². The third kappa shape index (κ3) is 3.84. The topological polar surface area (TPSA) is 92.0 Å². The Morgan fingerprint density at radius 1 is 1.59 bits per heavy atom. The number of pyridine rings is 1. The van der Waals surface area contributed by atoms with Crippen molar-refractivity contribution in [1.82, 2.24) is 4.98 Å². The molecule has 0 aliphatic heterocycles. The quantitative estimate of drug-likeness (QED) is 0.338. The van der Waals surface area contributed by atoms with E-state index in [4.69, 9.17) is 15.1 Å². The second-order valence-corrected chi connectivity index (χ2v) is 3.33. The number of oxime groups is 1. The number of carboxylic acids is 1. The molecule has 6 nitrogen and oxygen atoms in total. The zero-order valence-corrected chi connectivity index (χ0v) is 9.46. The Morgan fingerprint density at radius 2 is 2.35 bits per heavy atom. The van der Waals surface area contributed by atoms with E-state index < -0.39 is 5.97 Å². The maximum absolute atomic E-state index is 10.8. The van der Waals surface area contributed by atoms with Gasteiger partial charge in [-0.3, -0.25) is 4.98 Å². The van der Waals surface area contributed by atoms with E-state index in [-0.39, 0.29) is 17.9 Å². The molecule has 0 atom stereocenters. The molecule has 0 amide bonds. The van der Waals surface area contributed by atoms with Gasteiger partial charge in [0.2, 0.25) is 0 Å². The second kappa shape index (κ2) is 6.59. The Balaban J connectivity index is 2.82. The first-order chi connectivity index (χ1) is 8.19. The van der Waals surface area contributed by atoms with Gasteiger partial charge in [0.25, 0.3) is 0 Å². The molecule has 92 valence electrons. The van der Waals surface area contributed by atoms with Gasteiger partial charge in [-0.1, -0.05) is 12.1 Å². The summed E-state index contributed by atoms with van der Waals surface area (Å²) >= 11 is 0. The minimum atomic E-state index is -1.06. The normalized spacial score (nSPS) is 11.5. The lowest BCUT2D eigenvalue weighted by Crippen LogP contribution is -2.14. The first kappa shape index (κ1) is 13.1. The molecular formula is C11H14N2O4. The molecule has 0 aliphatic carbocycles. The van der Waals surface area contributed by atoms with Crippen LogP contribution < -0.4 is 0 Å². The van der Waals surface area contributed by atoms with E-state index >= 15 is 0 Å². The molecule has 0 saturated carbocycles. The lowest BCUT2D eigenvalue weighted by atomic mass is 10.2. The van der Waals surface area contributed by atoms with Crippen molar-refractivity contribution in [2.75, 3.05) is 13.2 Å². The van der Waals surface area contributed by atoms with Gasteiger partial charge < -0.3 is 15.1 Å². The number of nitrogens with zero attached hydrogens (tertiary/aromatic N) is 2. The largest absolute Gasteiger partial charge is 0.478 e. The maximum atomic E-state index is 10.8. The second-order valence-electron chi connectivity index (χ2n) is 3.33. The molecule has 17 heavy (non-hydrogen) atoms. The van der Waals surface area contributed by atoms with E-state index in [0.717, 1.165) is 6.42 Å². The third-order valence-electron chi connectivity index (χ3n) is 2.01. The first-order valence-electron chi connectivity index (χ1n) is 5.17. The molecule has 1 heterocycles. The Hall–Kier alpha value is -1.95. The lowest BCUT2D eigenvalue weighted by molar-refractivity contribution is 0.0696. The summed E-state index contributed by atoms with van der Waals surface area (Å²) in [6, 6.07) is 2.71. The summed E-state index contributed by atoms with van der Waals surface area (Å²) in [5.41, 5.74) is 0.594. The van der Waals surface area contributed by atoms with Crippen LogP contribution in [0, 0.1) is 0 Å². The fourth-order valence-corrected chi connectivity index (χ4v) is 1.19. The summed E-state index contributed by atoms with van der Waals surface area (Å²) < 4.78 is 5.21. The Labute approximate surface area is 98.6 Å². The van der Waals surface area contributed by atoms with Gasteiger partial charge in [-0.2, -0.15) is 0 Å². The monoisotopic (exact) mass is 238 g/mol. The van der Waals surface area contributed by atoms with Crippen molar-refractivity contribution in [2.24, 2.45) is 5.16 Å². The van der Waals surface area contributed by atoms with Gasteiger partial charge in [0, 0.05) is 12.8 Å². The average Bonchev–Trinajstić information content (AvgIpc) is 2.35. The zero-order chi connectivity index (χ0) is 12.7. The van der Waals surface area contributed by atoms with Crippen molar-refractivity contribution in [1.29, 1.82) is 0 Å². The van der Waals surface area contributed by atoms with Crippen molar-refractivity contribution in [3.8, 4) is 0 Å². The summed E-state index contributed by atoms with van der Waals surface area (Å²) in [5, 5.41) is 20.7. The molecule has 0 bridgehead atoms. The van der Waals surface area contributed by atoms with Gasteiger partial charge in [0.15, 0.2) is 0 Å². The highest BCUT2D eigenvalue weighted by Crippen LogP contribution is 2.04. The van der Waals surface area contributed by atoms with E-state index in [1.165, 1.54) is 18.3 Å². The molecule has 0 spiro atoms. The van der Waals surface area contributed by atoms with Crippen LogP contribution in [-0.4, -0.2) is 40.2 Å². The molecule has 1 aromatic rings. The van der Waals surface area contributed by atoms with Gasteiger partial charge in [0.05, 0.1) is 17.9 Å². The SMILES string of the molecule is CCCOC/C(=N\O)c1cc(C(=O)O)ccn1. The number of ether oxygens (including phenoxy) is 1. The van der Waals surface area contributed by atoms with Crippen molar-refractivity contribution in [3.63, 3.8) is 0 Å². The summed E-state index contributed by atoms with van der Waals surface area (Å²) in [6.45, 7) is 2.59. The van der Waals surface area contributed by atoms with Gasteiger partial charge in [-0.25, -0.2) is 4.79 Å². The molecule has 1 aromatic heterocycles. The number of rotatable bonds is 6. The summed E-state index contributed by atoms with van der Waals surface area (Å²) in [6.07, 6.45) is 2.20. The molecule has 0 aromatic carbocycles. The fraction of sp³-hybridized carbons (Fsp3) is 0.364. The van der Waals surface area contributed by atoms with Crippen molar-refractivity contribution < 1.29 is 19.8 Å². The van der Waals surface area contributed by atoms with E-state index in [0.29, 0.717) is 12.3 Å². The van der Waals surface area contributed by atoms with Crippen LogP contribution in [0.1, 0.15) is 29.4 Å². The molecular weight excluding hydrogens is 224 g/mol. The predicted octanol–water partition coefficient (Wildman–Crippen LogP) is 1.38. The summed E-state index contributed by atoms with van der Waals surface area (Å²) in [5.74, 6) is -1.06. The molecule has 0 unspecified atom stereocenters. The van der Waals surface area contributed by atoms with Crippen LogP contribution in [0.2, 0.25) is 0 Å². The van der Waals surface area contributed by atoms with Crippen molar-refractivity contribution >= 4 is 11.7 Å². The molecule has 0 radical (unpaired) electrons. The smallest absolute Gasteiger partial charge is 0.335 e. The van der Waals surface area contributed by atoms with Crippen LogP contribution in [0.3, 0.4) is 0 Å². The van der Waals surface area contributed by atoms with Gasteiger partial charge in [-0.05, 0) is 18.6 Å². The number of hydrogen-bond donors (Lipinski definition) is 2. The van der Waals surface area contributed by atoms with Crippen molar-refractivity contribution in [2.45, 2.75) is 13.3 Å². The number of carbonyl (C=O) groups is 1. The molecule has 1 rings (SSSR count). The highest BCUT2D eigenvalue weighted by Gasteiger charge is 2.10. The highest BCUT2D eigenvalue weighted by atomic mass is 16.5. The summed E-state index contributed by atoms with van der Waals surface area (Å²) in [4.78, 5) is 14.7. The Bertz CT molecular complexity index is 418. The molecule has 0 saturated heterocycles. The third-order valence-corrected chi connectivity index (χ3v) is 2.01. The molecule has 0 aliphatic rings. The number of aromatic nitrogens is 1. The van der Waals surface area contributed by atoms with Crippen LogP contribution >= 0.6 is 0 Å². The standard InChI is InChI=1S/C11H14N2O4/c1-2-5-17-7-10(13-16)9-6-8(11(14)15)3-4-12-9/h3-4,6,16H,2,5,7H2,1H3,(H,14,15)/b13-10+. The Morgan fingerprint density at radius 3 is 2.94 bits per heavy atom. The number of hydrogen-bond acceptors (Lipinski definition) is 5. The first-order valence-corrected chi connectivity index (χ1v) is 5.17. The van der Waals surface area contributed by atoms with Crippen molar-refractivity contribution in [3.05, 3.63) is 29.6 Å². The zero-order valence-electron chi connectivity index (χ0n) is 9.46. The van der Waals surface area contributed by atoms with Gasteiger partial charge >= 0.3 is 5.97 Å². The van der Waals surface area contributed by atoms with Gasteiger partial charge in [-0.15, -0.1) is 0 Å². The van der Waals surface area contributed by atoms with E-state index in [1.54, 1.807) is 0 Å². The van der Waals surface area contributed by atoms with E-state index in [2.05, 4.69) is 10.1 Å². The minimum absolute atomic E-state index is 0.0895. The molecule has 2 N–H and O–H groups in total. The molecule has 6 heteroatoms. The van der Waals surface area contributed by atoms with Crippen LogP contribution in [0.5, 0.6) is 0 Å². The summed E-state index contributed by atoms with van der Waals surface area (Å²) in [7, 11) is 0. The minimum Gasteiger partial charge on any atom is -0.478 e. The van der Waals surface area contributed by atoms with E-state index in [9.17, 15) is 4.79 Å². The van der Waals surface area contributed by atoms with Gasteiger partial charge in [0.1, 0.15) is 5.71 Å². The number of aromatic carboxylic acids is 1. The highest BCUT2D eigenvalue weighted by molar-refractivity contribution is 6.01. The van der Waals surface area contributed by atoms with E-state index in [1.807, 2.05) is 6.92 Å². The Kier molecular flexibility index (Phi) is 5.09. The predicted molar refractivity (Wildman–Crippen MR) is 60.6 cm³/mol. The number of carboxylic acid groups (broad SMARTS) is 1. The average molecular weight is 238 g/mol. The molecule has 0 fully saturated rings. The van der Waals surface area contributed by atoms with Crippen LogP contribution in [0.25, 0.3) is 0 Å². The lowest BCUT2D eigenvalue weighted by Gasteiger charge is -2.05.